The Bertz CT molecular complexity index is 816. The van der Waals surface area contributed by atoms with Gasteiger partial charge in [0.15, 0.2) is 14.6 Å². The zero-order valence-electron chi connectivity index (χ0n) is 12.2. The van der Waals surface area contributed by atoms with Gasteiger partial charge in [-0.05, 0) is 48.7 Å². The average molecular weight is 351 g/mol. The molecule has 1 amide bonds. The summed E-state index contributed by atoms with van der Waals surface area (Å²) >= 11 is 5.79. The molecule has 0 spiro atoms. The van der Waals surface area contributed by atoms with Crippen molar-refractivity contribution in [3.63, 3.8) is 0 Å². The third kappa shape index (κ3) is 2.96. The quantitative estimate of drug-likeness (QED) is 0.898. The van der Waals surface area contributed by atoms with Crippen molar-refractivity contribution in [2.75, 3.05) is 0 Å². The second-order valence-corrected chi connectivity index (χ2v) is 8.19. The van der Waals surface area contributed by atoms with E-state index in [4.69, 9.17) is 11.6 Å². The van der Waals surface area contributed by atoms with Gasteiger partial charge in [-0.3, -0.25) is 9.78 Å². The first-order valence-corrected chi connectivity index (χ1v) is 8.99. The fourth-order valence-electron chi connectivity index (χ4n) is 2.42. The number of hydrogen-bond donors (Lipinski definition) is 1. The molecule has 2 aromatic rings. The smallest absolute Gasteiger partial charge is 0.242 e. The molecule has 0 aliphatic heterocycles. The number of hydrogen-bond acceptors (Lipinski definition) is 4. The number of halogens is 1. The summed E-state index contributed by atoms with van der Waals surface area (Å²) in [6.45, 7) is 0.255. The first-order valence-electron chi connectivity index (χ1n) is 7.13. The van der Waals surface area contributed by atoms with Crippen molar-refractivity contribution in [1.29, 1.82) is 0 Å². The second kappa shape index (κ2) is 5.94. The Morgan fingerprint density at radius 2 is 1.91 bits per heavy atom. The maximum atomic E-state index is 12.8. The minimum atomic E-state index is -3.73. The highest BCUT2D eigenvalue weighted by Crippen LogP contribution is 2.47. The van der Waals surface area contributed by atoms with Gasteiger partial charge in [0.25, 0.3) is 0 Å². The van der Waals surface area contributed by atoms with Crippen molar-refractivity contribution in [1.82, 2.24) is 10.3 Å². The zero-order chi connectivity index (χ0) is 16.5. The van der Waals surface area contributed by atoms with Gasteiger partial charge in [0.05, 0.1) is 4.90 Å². The van der Waals surface area contributed by atoms with Crippen LogP contribution >= 0.6 is 11.6 Å². The van der Waals surface area contributed by atoms with E-state index in [1.165, 1.54) is 24.3 Å². The van der Waals surface area contributed by atoms with Crippen LogP contribution in [0.15, 0.2) is 53.7 Å². The summed E-state index contributed by atoms with van der Waals surface area (Å²) in [5, 5.41) is 3.16. The number of pyridine rings is 1. The molecule has 0 radical (unpaired) electrons. The highest BCUT2D eigenvalue weighted by atomic mass is 35.5. The molecule has 5 nitrogen and oxygen atoms in total. The van der Waals surface area contributed by atoms with Gasteiger partial charge in [0.1, 0.15) is 0 Å². The largest absolute Gasteiger partial charge is 0.351 e. The Morgan fingerprint density at radius 1 is 1.22 bits per heavy atom. The summed E-state index contributed by atoms with van der Waals surface area (Å²) in [6, 6.07) is 9.48. The van der Waals surface area contributed by atoms with Crippen molar-refractivity contribution >= 4 is 27.3 Å². The lowest BCUT2D eigenvalue weighted by Crippen LogP contribution is -2.41. The number of amides is 1. The van der Waals surface area contributed by atoms with Gasteiger partial charge < -0.3 is 5.32 Å². The van der Waals surface area contributed by atoms with Crippen LogP contribution in [0.4, 0.5) is 0 Å². The molecule has 0 atom stereocenters. The zero-order valence-corrected chi connectivity index (χ0v) is 13.8. The Morgan fingerprint density at radius 3 is 2.48 bits per heavy atom. The van der Waals surface area contributed by atoms with E-state index < -0.39 is 20.5 Å². The van der Waals surface area contributed by atoms with Gasteiger partial charge in [-0.15, -0.1) is 0 Å². The number of aromatic nitrogens is 1. The first-order chi connectivity index (χ1) is 11.0. The van der Waals surface area contributed by atoms with Crippen molar-refractivity contribution < 1.29 is 13.2 Å². The molecule has 1 heterocycles. The minimum Gasteiger partial charge on any atom is -0.351 e. The third-order valence-corrected chi connectivity index (χ3v) is 6.70. The van der Waals surface area contributed by atoms with Crippen molar-refractivity contribution in [2.45, 2.75) is 29.0 Å². The maximum Gasteiger partial charge on any atom is 0.242 e. The molecule has 120 valence electrons. The van der Waals surface area contributed by atoms with E-state index in [1.54, 1.807) is 18.5 Å². The molecule has 0 unspecified atom stereocenters. The minimum absolute atomic E-state index is 0.121. The molecule has 0 bridgehead atoms. The SMILES string of the molecule is O=C(NCc1cccnc1)C1(S(=O)(=O)c2ccc(Cl)cc2)CC1. The average Bonchev–Trinajstić information content (AvgIpc) is 3.36. The molecule has 1 aromatic heterocycles. The van der Waals surface area contributed by atoms with Crippen LogP contribution in [0.1, 0.15) is 18.4 Å². The van der Waals surface area contributed by atoms with Gasteiger partial charge >= 0.3 is 0 Å². The number of nitrogens with one attached hydrogen (secondary N) is 1. The Kier molecular flexibility index (Phi) is 4.12. The number of sulfone groups is 1. The molecule has 3 rings (SSSR count). The third-order valence-electron chi connectivity index (χ3n) is 3.93. The number of carbonyl (C=O) groups excluding carboxylic acids is 1. The lowest BCUT2D eigenvalue weighted by Gasteiger charge is -2.16. The lowest BCUT2D eigenvalue weighted by atomic mass is 10.3. The topological polar surface area (TPSA) is 76.1 Å². The fourth-order valence-corrected chi connectivity index (χ4v) is 4.44. The van der Waals surface area contributed by atoms with Crippen LogP contribution < -0.4 is 5.32 Å². The van der Waals surface area contributed by atoms with Crippen molar-refractivity contribution in [2.24, 2.45) is 0 Å². The van der Waals surface area contributed by atoms with Crippen molar-refractivity contribution in [3.05, 3.63) is 59.4 Å². The van der Waals surface area contributed by atoms with Crippen LogP contribution in [0.25, 0.3) is 0 Å². The molecule has 1 aromatic carbocycles. The Labute approximate surface area is 139 Å². The molecule has 7 heteroatoms. The van der Waals surface area contributed by atoms with Crippen LogP contribution in [-0.2, 0) is 21.2 Å². The molecule has 23 heavy (non-hydrogen) atoms. The number of benzene rings is 1. The molecule has 1 N–H and O–H groups in total. The first kappa shape index (κ1) is 16.0. The fraction of sp³-hybridized carbons (Fsp3) is 0.250. The highest BCUT2D eigenvalue weighted by Gasteiger charge is 2.61. The summed E-state index contributed by atoms with van der Waals surface area (Å²) in [7, 11) is -3.73. The molecule has 0 saturated heterocycles. The Balaban J connectivity index is 1.78. The van der Waals surface area contributed by atoms with E-state index in [9.17, 15) is 13.2 Å². The van der Waals surface area contributed by atoms with Crippen LogP contribution in [0, 0.1) is 0 Å². The summed E-state index contributed by atoms with van der Waals surface area (Å²) in [5.74, 6) is -0.462. The number of carbonyl (C=O) groups is 1. The van der Waals surface area contributed by atoms with Crippen molar-refractivity contribution in [3.8, 4) is 0 Å². The van der Waals surface area contributed by atoms with Gasteiger partial charge in [-0.2, -0.15) is 0 Å². The van der Waals surface area contributed by atoms with Crippen LogP contribution in [0.5, 0.6) is 0 Å². The normalized spacial score (nSPS) is 15.9. The van der Waals surface area contributed by atoms with E-state index in [0.717, 1.165) is 5.56 Å². The monoisotopic (exact) mass is 350 g/mol. The molecule has 1 aliphatic carbocycles. The maximum absolute atomic E-state index is 12.8. The predicted octanol–water partition coefficient (Wildman–Crippen LogP) is 2.36. The predicted molar refractivity (Wildman–Crippen MR) is 86.7 cm³/mol. The second-order valence-electron chi connectivity index (χ2n) is 5.50. The van der Waals surface area contributed by atoms with Gasteiger partial charge in [0, 0.05) is 24.0 Å². The van der Waals surface area contributed by atoms with E-state index >= 15 is 0 Å². The van der Waals surface area contributed by atoms with Crippen LogP contribution in [0.2, 0.25) is 5.02 Å². The Hall–Kier alpha value is -1.92. The van der Waals surface area contributed by atoms with Gasteiger partial charge in [0.2, 0.25) is 5.91 Å². The van der Waals surface area contributed by atoms with Gasteiger partial charge in [-0.1, -0.05) is 17.7 Å². The molecule has 1 fully saturated rings. The van der Waals surface area contributed by atoms with E-state index in [-0.39, 0.29) is 11.4 Å². The molecule has 1 aliphatic rings. The van der Waals surface area contributed by atoms with Crippen LogP contribution in [-0.4, -0.2) is 24.1 Å². The standard InChI is InChI=1S/C16H15ClN2O3S/c17-13-3-5-14(6-4-13)23(21,22)16(7-8-16)15(20)19-11-12-2-1-9-18-10-12/h1-6,9-10H,7-8,11H2,(H,19,20). The van der Waals surface area contributed by atoms with Crippen LogP contribution in [0.3, 0.4) is 0 Å². The van der Waals surface area contributed by atoms with E-state index in [0.29, 0.717) is 17.9 Å². The summed E-state index contributed by atoms with van der Waals surface area (Å²) < 4.78 is 24.2. The summed E-state index contributed by atoms with van der Waals surface area (Å²) in [6.07, 6.45) is 3.93. The summed E-state index contributed by atoms with van der Waals surface area (Å²) in [5.41, 5.74) is 0.820. The number of rotatable bonds is 5. The molecular formula is C16H15ClN2O3S. The van der Waals surface area contributed by atoms with E-state index in [2.05, 4.69) is 10.3 Å². The molecule has 1 saturated carbocycles. The summed E-state index contributed by atoms with van der Waals surface area (Å²) in [4.78, 5) is 16.5. The van der Waals surface area contributed by atoms with E-state index in [1.807, 2.05) is 6.07 Å². The van der Waals surface area contributed by atoms with Gasteiger partial charge in [-0.25, -0.2) is 8.42 Å². The molecular weight excluding hydrogens is 336 g/mol. The lowest BCUT2D eigenvalue weighted by molar-refractivity contribution is -0.121. The number of nitrogens with zero attached hydrogens (tertiary/aromatic N) is 1. The highest BCUT2D eigenvalue weighted by molar-refractivity contribution is 7.94.